The predicted octanol–water partition coefficient (Wildman–Crippen LogP) is 3.55. The summed E-state index contributed by atoms with van der Waals surface area (Å²) in [6.45, 7) is 0. The number of halogens is 1. The van der Waals surface area contributed by atoms with Crippen molar-refractivity contribution in [3.05, 3.63) is 47.5 Å². The normalized spacial score (nSPS) is 23.6. The average molecular weight is 202 g/mol. The molecule has 0 saturated heterocycles. The standard InChI is InChI=1S/C13H11FO/c1-15-13-10-7-3-5-8-4-2-6-9(11(8)10)12(13)14/h2-7,12-13H,1H3/t12-,13-/m1/s1. The zero-order valence-electron chi connectivity index (χ0n) is 8.41. The molecule has 0 N–H and O–H groups in total. The minimum absolute atomic E-state index is 0.439. The fraction of sp³-hybridized carbons (Fsp3) is 0.231. The highest BCUT2D eigenvalue weighted by molar-refractivity contribution is 5.91. The third-order valence-electron chi connectivity index (χ3n) is 3.09. The Labute approximate surface area is 87.5 Å². The number of hydrogen-bond acceptors (Lipinski definition) is 1. The van der Waals surface area contributed by atoms with Gasteiger partial charge in [-0.15, -0.1) is 0 Å². The highest BCUT2D eigenvalue weighted by Crippen LogP contribution is 2.47. The van der Waals surface area contributed by atoms with Crippen LogP contribution in [0.3, 0.4) is 0 Å². The van der Waals surface area contributed by atoms with Gasteiger partial charge in [-0.25, -0.2) is 4.39 Å². The first kappa shape index (κ1) is 8.86. The summed E-state index contributed by atoms with van der Waals surface area (Å²) in [7, 11) is 1.56. The van der Waals surface area contributed by atoms with Crippen molar-refractivity contribution in [2.75, 3.05) is 7.11 Å². The first-order valence-electron chi connectivity index (χ1n) is 5.01. The van der Waals surface area contributed by atoms with Gasteiger partial charge in [0.15, 0.2) is 6.17 Å². The fourth-order valence-corrected chi connectivity index (χ4v) is 2.43. The van der Waals surface area contributed by atoms with Crippen molar-refractivity contribution in [3.63, 3.8) is 0 Å². The number of ether oxygens (including phenoxy) is 1. The molecule has 1 aliphatic rings. The van der Waals surface area contributed by atoms with E-state index in [1.54, 1.807) is 7.11 Å². The van der Waals surface area contributed by atoms with E-state index in [2.05, 4.69) is 0 Å². The number of hydrogen-bond donors (Lipinski definition) is 0. The molecule has 2 atom stereocenters. The molecule has 15 heavy (non-hydrogen) atoms. The molecule has 2 heteroatoms. The predicted molar refractivity (Wildman–Crippen MR) is 57.5 cm³/mol. The van der Waals surface area contributed by atoms with Crippen LogP contribution in [0.4, 0.5) is 4.39 Å². The molecule has 0 radical (unpaired) electrons. The molecule has 0 aliphatic heterocycles. The van der Waals surface area contributed by atoms with Gasteiger partial charge in [-0.2, -0.15) is 0 Å². The Bertz CT molecular complexity index is 516. The Hall–Kier alpha value is -1.41. The molecule has 0 spiro atoms. The molecular weight excluding hydrogens is 191 g/mol. The summed E-state index contributed by atoms with van der Waals surface area (Å²) < 4.78 is 19.3. The van der Waals surface area contributed by atoms with Crippen LogP contribution in [-0.2, 0) is 4.74 Å². The third-order valence-corrected chi connectivity index (χ3v) is 3.09. The van der Waals surface area contributed by atoms with E-state index in [-0.39, 0.29) is 0 Å². The van der Waals surface area contributed by atoms with Gasteiger partial charge in [-0.3, -0.25) is 0 Å². The summed E-state index contributed by atoms with van der Waals surface area (Å²) in [5.74, 6) is 0. The van der Waals surface area contributed by atoms with E-state index in [9.17, 15) is 4.39 Å². The van der Waals surface area contributed by atoms with Gasteiger partial charge in [-0.1, -0.05) is 36.4 Å². The smallest absolute Gasteiger partial charge is 0.156 e. The summed E-state index contributed by atoms with van der Waals surface area (Å²) in [6, 6.07) is 11.6. The molecule has 0 aromatic heterocycles. The monoisotopic (exact) mass is 202 g/mol. The van der Waals surface area contributed by atoms with E-state index in [1.807, 2.05) is 36.4 Å². The fourth-order valence-electron chi connectivity index (χ4n) is 2.43. The first-order valence-corrected chi connectivity index (χ1v) is 5.01. The molecule has 0 bridgehead atoms. The van der Waals surface area contributed by atoms with Crippen molar-refractivity contribution in [1.29, 1.82) is 0 Å². The highest BCUT2D eigenvalue weighted by atomic mass is 19.1. The second-order valence-electron chi connectivity index (χ2n) is 3.85. The van der Waals surface area contributed by atoms with E-state index in [0.29, 0.717) is 0 Å². The van der Waals surface area contributed by atoms with E-state index < -0.39 is 12.3 Å². The summed E-state index contributed by atoms with van der Waals surface area (Å²) in [5, 5.41) is 2.12. The van der Waals surface area contributed by atoms with Gasteiger partial charge < -0.3 is 4.74 Å². The number of alkyl halides is 1. The van der Waals surface area contributed by atoms with Crippen LogP contribution in [0.15, 0.2) is 36.4 Å². The highest BCUT2D eigenvalue weighted by Gasteiger charge is 2.34. The van der Waals surface area contributed by atoms with Gasteiger partial charge >= 0.3 is 0 Å². The average Bonchev–Trinajstić information content (AvgIpc) is 2.55. The Kier molecular flexibility index (Phi) is 1.80. The third kappa shape index (κ3) is 1.05. The largest absolute Gasteiger partial charge is 0.373 e. The van der Waals surface area contributed by atoms with Crippen molar-refractivity contribution in [1.82, 2.24) is 0 Å². The summed E-state index contributed by atoms with van der Waals surface area (Å²) in [6.07, 6.45) is -1.47. The molecule has 76 valence electrons. The zero-order valence-corrected chi connectivity index (χ0v) is 8.41. The molecule has 2 aromatic carbocycles. The molecule has 0 amide bonds. The number of rotatable bonds is 1. The van der Waals surface area contributed by atoms with Crippen molar-refractivity contribution in [2.24, 2.45) is 0 Å². The summed E-state index contributed by atoms with van der Waals surface area (Å²) in [4.78, 5) is 0. The Morgan fingerprint density at radius 1 is 1.07 bits per heavy atom. The van der Waals surface area contributed by atoms with E-state index in [4.69, 9.17) is 4.74 Å². The summed E-state index contributed by atoms with van der Waals surface area (Å²) >= 11 is 0. The Morgan fingerprint density at radius 3 is 2.40 bits per heavy atom. The van der Waals surface area contributed by atoms with Crippen LogP contribution < -0.4 is 0 Å². The Balaban J connectivity index is 2.40. The maximum absolute atomic E-state index is 14.0. The van der Waals surface area contributed by atoms with Gasteiger partial charge in [0.25, 0.3) is 0 Å². The van der Waals surface area contributed by atoms with Crippen molar-refractivity contribution in [2.45, 2.75) is 12.3 Å². The lowest BCUT2D eigenvalue weighted by atomic mass is 10.1. The molecule has 0 fully saturated rings. The second kappa shape index (κ2) is 3.04. The maximum Gasteiger partial charge on any atom is 0.156 e. The minimum Gasteiger partial charge on any atom is -0.373 e. The lowest BCUT2D eigenvalue weighted by Crippen LogP contribution is -2.02. The van der Waals surface area contributed by atoms with E-state index in [1.165, 1.54) is 0 Å². The van der Waals surface area contributed by atoms with Crippen LogP contribution in [0.1, 0.15) is 23.4 Å². The number of benzene rings is 2. The topological polar surface area (TPSA) is 9.23 Å². The van der Waals surface area contributed by atoms with Gasteiger partial charge in [0.2, 0.25) is 0 Å². The maximum atomic E-state index is 14.0. The molecule has 1 aliphatic carbocycles. The lowest BCUT2D eigenvalue weighted by molar-refractivity contribution is 0.0376. The van der Waals surface area contributed by atoms with Crippen LogP contribution in [0.5, 0.6) is 0 Å². The second-order valence-corrected chi connectivity index (χ2v) is 3.85. The molecule has 1 nitrogen and oxygen atoms in total. The van der Waals surface area contributed by atoms with Crippen molar-refractivity contribution >= 4 is 10.8 Å². The SMILES string of the molecule is CO[C@@H]1c2cccc3cccc(c23)[C@H]1F. The Morgan fingerprint density at radius 2 is 1.73 bits per heavy atom. The molecular formula is C13H11FO. The number of methoxy groups -OCH3 is 1. The van der Waals surface area contributed by atoms with Crippen LogP contribution in [0.2, 0.25) is 0 Å². The van der Waals surface area contributed by atoms with Crippen molar-refractivity contribution in [3.8, 4) is 0 Å². The van der Waals surface area contributed by atoms with Gasteiger partial charge in [0.1, 0.15) is 6.10 Å². The van der Waals surface area contributed by atoms with Crippen LogP contribution in [0.25, 0.3) is 10.8 Å². The van der Waals surface area contributed by atoms with Crippen molar-refractivity contribution < 1.29 is 9.13 Å². The minimum atomic E-state index is -1.03. The zero-order chi connectivity index (χ0) is 10.4. The van der Waals surface area contributed by atoms with Gasteiger partial charge in [0, 0.05) is 7.11 Å². The quantitative estimate of drug-likeness (QED) is 0.687. The molecule has 3 rings (SSSR count). The summed E-state index contributed by atoms with van der Waals surface area (Å²) in [5.41, 5.74) is 1.73. The first-order chi connectivity index (χ1) is 7.33. The molecule has 2 aromatic rings. The van der Waals surface area contributed by atoms with E-state index >= 15 is 0 Å². The molecule has 0 unspecified atom stereocenters. The molecule has 0 heterocycles. The van der Waals surface area contributed by atoms with Crippen LogP contribution in [-0.4, -0.2) is 7.11 Å². The van der Waals surface area contributed by atoms with Crippen LogP contribution >= 0.6 is 0 Å². The molecule has 0 saturated carbocycles. The van der Waals surface area contributed by atoms with Gasteiger partial charge in [0.05, 0.1) is 0 Å². The van der Waals surface area contributed by atoms with Crippen LogP contribution in [0, 0.1) is 0 Å². The lowest BCUT2D eigenvalue weighted by Gasteiger charge is -2.12. The van der Waals surface area contributed by atoms with E-state index in [0.717, 1.165) is 21.9 Å². The van der Waals surface area contributed by atoms with Gasteiger partial charge in [-0.05, 0) is 21.9 Å².